The van der Waals surface area contributed by atoms with Gasteiger partial charge in [0.25, 0.3) is 0 Å². The van der Waals surface area contributed by atoms with Gasteiger partial charge in [-0.05, 0) is 35.9 Å². The Balaban J connectivity index is 0.000000427. The number of hydrogen-bond donors (Lipinski definition) is 2. The van der Waals surface area contributed by atoms with E-state index in [9.17, 15) is 8.78 Å². The fraction of sp³-hybridized carbons (Fsp3) is 0.0909. The van der Waals surface area contributed by atoms with E-state index in [0.29, 0.717) is 17.9 Å². The van der Waals surface area contributed by atoms with Crippen molar-refractivity contribution in [1.82, 2.24) is 14.5 Å². The number of fused-ring (bicyclic) bond motifs is 1. The standard InChI is InChI=1S/C20H15F2N3S.C2H2O4/c21-16-9-7-14(8-10-16)13-26-20-24-18-6-3-11-23-19(18)25(20)12-15-4-1-2-5-17(15)22;3-1(4)2(5)6/h1-11H,12-13H2;(H,3,4)(H,5,6). The first-order chi connectivity index (χ1) is 15.3. The van der Waals surface area contributed by atoms with Crippen LogP contribution in [0.1, 0.15) is 11.1 Å². The van der Waals surface area contributed by atoms with E-state index >= 15 is 0 Å². The van der Waals surface area contributed by atoms with Crippen LogP contribution in [0.4, 0.5) is 8.78 Å². The van der Waals surface area contributed by atoms with E-state index in [1.54, 1.807) is 30.5 Å². The maximum atomic E-state index is 14.1. The van der Waals surface area contributed by atoms with Crippen molar-refractivity contribution in [2.45, 2.75) is 17.5 Å². The van der Waals surface area contributed by atoms with Crippen molar-refractivity contribution in [3.05, 3.63) is 89.6 Å². The Morgan fingerprint density at radius 3 is 2.28 bits per heavy atom. The Bertz CT molecular complexity index is 1230. The lowest BCUT2D eigenvalue weighted by Crippen LogP contribution is -2.09. The summed E-state index contributed by atoms with van der Waals surface area (Å²) in [6, 6.07) is 16.8. The van der Waals surface area contributed by atoms with Gasteiger partial charge in [0.15, 0.2) is 10.8 Å². The van der Waals surface area contributed by atoms with Crippen LogP contribution in [0.5, 0.6) is 0 Å². The molecule has 4 rings (SSSR count). The van der Waals surface area contributed by atoms with Gasteiger partial charge in [-0.15, -0.1) is 0 Å². The first-order valence-corrected chi connectivity index (χ1v) is 10.2. The fourth-order valence-corrected chi connectivity index (χ4v) is 3.67. The van der Waals surface area contributed by atoms with Gasteiger partial charge < -0.3 is 10.2 Å². The quantitative estimate of drug-likeness (QED) is 0.342. The molecule has 0 atom stereocenters. The molecule has 0 fully saturated rings. The Labute approximate surface area is 185 Å². The second-order valence-corrected chi connectivity index (χ2v) is 7.39. The number of aliphatic carboxylic acids is 2. The van der Waals surface area contributed by atoms with Gasteiger partial charge in [-0.25, -0.2) is 28.3 Å². The molecule has 0 unspecified atom stereocenters. The second kappa shape index (κ2) is 10.5. The molecule has 2 N–H and O–H groups in total. The predicted octanol–water partition coefficient (Wildman–Crippen LogP) is 4.21. The Kier molecular flexibility index (Phi) is 7.50. The third kappa shape index (κ3) is 5.88. The molecule has 2 aromatic heterocycles. The van der Waals surface area contributed by atoms with Crippen molar-refractivity contribution in [2.24, 2.45) is 0 Å². The number of carbonyl (C=O) groups is 2. The number of benzene rings is 2. The van der Waals surface area contributed by atoms with Crippen LogP contribution in [-0.4, -0.2) is 36.7 Å². The summed E-state index contributed by atoms with van der Waals surface area (Å²) < 4.78 is 29.1. The predicted molar refractivity (Wildman–Crippen MR) is 114 cm³/mol. The van der Waals surface area contributed by atoms with Gasteiger partial charge in [0.1, 0.15) is 17.2 Å². The minimum atomic E-state index is -1.82. The van der Waals surface area contributed by atoms with Crippen molar-refractivity contribution >= 4 is 34.9 Å². The molecule has 10 heteroatoms. The van der Waals surface area contributed by atoms with Crippen molar-refractivity contribution < 1.29 is 28.6 Å². The maximum Gasteiger partial charge on any atom is 0.414 e. The Morgan fingerprint density at radius 1 is 0.938 bits per heavy atom. The number of hydrogen-bond acceptors (Lipinski definition) is 5. The minimum Gasteiger partial charge on any atom is -0.473 e. The number of rotatable bonds is 5. The molecule has 0 aliphatic rings. The minimum absolute atomic E-state index is 0.250. The maximum absolute atomic E-state index is 14.1. The van der Waals surface area contributed by atoms with Crippen LogP contribution in [0.25, 0.3) is 11.2 Å². The normalized spacial score (nSPS) is 10.4. The topological polar surface area (TPSA) is 105 Å². The van der Waals surface area contributed by atoms with Gasteiger partial charge in [-0.3, -0.25) is 4.57 Å². The highest BCUT2D eigenvalue weighted by atomic mass is 32.2. The SMILES string of the molecule is Fc1ccc(CSc2nc3cccnc3n2Cc2ccccc2F)cc1.O=C(O)C(=O)O. The van der Waals surface area contributed by atoms with Crippen LogP contribution in [0.3, 0.4) is 0 Å². The van der Waals surface area contributed by atoms with E-state index in [1.807, 2.05) is 22.8 Å². The first kappa shape index (κ1) is 22.9. The van der Waals surface area contributed by atoms with E-state index in [4.69, 9.17) is 19.8 Å². The zero-order valence-corrected chi connectivity index (χ0v) is 17.3. The number of carboxylic acids is 2. The molecule has 4 aromatic rings. The summed E-state index contributed by atoms with van der Waals surface area (Å²) in [5.74, 6) is -3.51. The van der Waals surface area contributed by atoms with Crippen LogP contribution in [0.15, 0.2) is 72.0 Å². The van der Waals surface area contributed by atoms with E-state index in [0.717, 1.165) is 21.9 Å². The van der Waals surface area contributed by atoms with Crippen molar-refractivity contribution in [3.8, 4) is 0 Å². The first-order valence-electron chi connectivity index (χ1n) is 9.23. The van der Waals surface area contributed by atoms with E-state index in [-0.39, 0.29) is 11.6 Å². The summed E-state index contributed by atoms with van der Waals surface area (Å²) in [6.07, 6.45) is 1.70. The molecule has 7 nitrogen and oxygen atoms in total. The molecule has 0 saturated carbocycles. The monoisotopic (exact) mass is 457 g/mol. The number of halogens is 2. The van der Waals surface area contributed by atoms with Gasteiger partial charge >= 0.3 is 11.9 Å². The molecule has 2 aromatic carbocycles. The summed E-state index contributed by atoms with van der Waals surface area (Å²) in [6.45, 7) is 0.353. The van der Waals surface area contributed by atoms with Gasteiger partial charge in [-0.1, -0.05) is 42.1 Å². The summed E-state index contributed by atoms with van der Waals surface area (Å²) in [5.41, 5.74) is 3.07. The molecule has 0 bridgehead atoms. The van der Waals surface area contributed by atoms with Gasteiger partial charge in [0, 0.05) is 17.5 Å². The highest BCUT2D eigenvalue weighted by molar-refractivity contribution is 7.98. The van der Waals surface area contributed by atoms with E-state index in [2.05, 4.69) is 9.97 Å². The third-order valence-corrected chi connectivity index (χ3v) is 5.27. The number of aromatic nitrogens is 3. The number of thioether (sulfide) groups is 1. The molecule has 32 heavy (non-hydrogen) atoms. The van der Waals surface area contributed by atoms with Gasteiger partial charge in [0.2, 0.25) is 0 Å². The highest BCUT2D eigenvalue weighted by Crippen LogP contribution is 2.27. The summed E-state index contributed by atoms with van der Waals surface area (Å²) in [4.78, 5) is 27.2. The molecule has 2 heterocycles. The van der Waals surface area contributed by atoms with Crippen LogP contribution in [0, 0.1) is 11.6 Å². The largest absolute Gasteiger partial charge is 0.473 e. The van der Waals surface area contributed by atoms with Gasteiger partial charge in [0.05, 0.1) is 6.54 Å². The van der Waals surface area contributed by atoms with E-state index < -0.39 is 11.9 Å². The number of nitrogens with zero attached hydrogens (tertiary/aromatic N) is 3. The smallest absolute Gasteiger partial charge is 0.414 e. The second-order valence-electron chi connectivity index (χ2n) is 6.44. The summed E-state index contributed by atoms with van der Waals surface area (Å²) >= 11 is 1.52. The van der Waals surface area contributed by atoms with Crippen LogP contribution >= 0.6 is 11.8 Å². The molecule has 0 spiro atoms. The van der Waals surface area contributed by atoms with E-state index in [1.165, 1.54) is 30.0 Å². The molecule has 0 radical (unpaired) electrons. The lowest BCUT2D eigenvalue weighted by atomic mass is 10.2. The Hall–Kier alpha value is -3.79. The van der Waals surface area contributed by atoms with Crippen molar-refractivity contribution in [2.75, 3.05) is 0 Å². The molecular weight excluding hydrogens is 440 g/mol. The molecule has 0 saturated heterocycles. The molecule has 0 aliphatic carbocycles. The number of carboxylic acid groups (broad SMARTS) is 2. The zero-order chi connectivity index (χ0) is 23.1. The molecule has 0 amide bonds. The van der Waals surface area contributed by atoms with Gasteiger partial charge in [-0.2, -0.15) is 0 Å². The molecule has 164 valence electrons. The third-order valence-electron chi connectivity index (χ3n) is 4.22. The number of pyridine rings is 1. The average molecular weight is 457 g/mol. The van der Waals surface area contributed by atoms with Crippen molar-refractivity contribution in [1.29, 1.82) is 0 Å². The van der Waals surface area contributed by atoms with Crippen LogP contribution in [0.2, 0.25) is 0 Å². The lowest BCUT2D eigenvalue weighted by molar-refractivity contribution is -0.159. The molecule has 0 aliphatic heterocycles. The van der Waals surface area contributed by atoms with Crippen LogP contribution < -0.4 is 0 Å². The zero-order valence-electron chi connectivity index (χ0n) is 16.5. The lowest BCUT2D eigenvalue weighted by Gasteiger charge is -2.09. The fourth-order valence-electron chi connectivity index (χ4n) is 2.72. The summed E-state index contributed by atoms with van der Waals surface area (Å²) in [7, 11) is 0. The van der Waals surface area contributed by atoms with Crippen molar-refractivity contribution in [3.63, 3.8) is 0 Å². The highest BCUT2D eigenvalue weighted by Gasteiger charge is 2.14. The number of imidazole rings is 1. The summed E-state index contributed by atoms with van der Waals surface area (Å²) in [5, 5.41) is 15.5. The average Bonchev–Trinajstić information content (AvgIpc) is 3.13. The molecular formula is C22H17F2N3O4S. The van der Waals surface area contributed by atoms with Crippen LogP contribution in [-0.2, 0) is 21.9 Å². The Morgan fingerprint density at radius 2 is 1.62 bits per heavy atom.